The lowest BCUT2D eigenvalue weighted by Crippen LogP contribution is -2.47. The van der Waals surface area contributed by atoms with Crippen LogP contribution in [0.1, 0.15) is 38.2 Å². The first-order chi connectivity index (χ1) is 12.2. The number of nitrogens with zero attached hydrogens (tertiary/aromatic N) is 1. The predicted octanol–water partition coefficient (Wildman–Crippen LogP) is 2.48. The van der Waals surface area contributed by atoms with Crippen LogP contribution in [0.15, 0.2) is 29.3 Å². The number of methoxy groups -OCH3 is 1. The average molecular weight is 366 g/mol. The second kappa shape index (κ2) is 10.4. The summed E-state index contributed by atoms with van der Waals surface area (Å²) in [5.41, 5.74) is 1.18. The van der Waals surface area contributed by atoms with E-state index in [0.29, 0.717) is 11.3 Å². The second-order valence-electron chi connectivity index (χ2n) is 6.36. The first-order valence-corrected chi connectivity index (χ1v) is 10.5. The molecule has 1 fully saturated rings. The lowest BCUT2D eigenvalue weighted by Gasteiger charge is -2.30. The Morgan fingerprint density at radius 2 is 2.16 bits per heavy atom. The summed E-state index contributed by atoms with van der Waals surface area (Å²) in [6, 6.07) is 8.43. The van der Waals surface area contributed by atoms with Crippen molar-refractivity contribution in [3.05, 3.63) is 29.8 Å². The Labute approximate surface area is 154 Å². The van der Waals surface area contributed by atoms with Crippen LogP contribution in [-0.2, 0) is 17.2 Å². The van der Waals surface area contributed by atoms with Crippen LogP contribution in [0.4, 0.5) is 0 Å². The molecule has 3 unspecified atom stereocenters. The number of ether oxygens (including phenoxy) is 1. The topological polar surface area (TPSA) is 62.7 Å². The van der Waals surface area contributed by atoms with Crippen molar-refractivity contribution in [1.29, 1.82) is 0 Å². The zero-order valence-electron chi connectivity index (χ0n) is 15.6. The third-order valence-electron chi connectivity index (χ3n) is 4.73. The normalized spacial score (nSPS) is 22.3. The van der Waals surface area contributed by atoms with Crippen molar-refractivity contribution >= 4 is 16.8 Å². The van der Waals surface area contributed by atoms with Gasteiger partial charge in [-0.05, 0) is 37.3 Å². The lowest BCUT2D eigenvalue weighted by atomic mass is 9.95. The summed E-state index contributed by atoms with van der Waals surface area (Å²) in [6.07, 6.45) is 5.17. The van der Waals surface area contributed by atoms with Crippen molar-refractivity contribution < 1.29 is 8.95 Å². The van der Waals surface area contributed by atoms with Crippen molar-refractivity contribution in [2.75, 3.05) is 26.5 Å². The van der Waals surface area contributed by atoms with E-state index in [2.05, 4.69) is 21.7 Å². The molecular formula is C19H31N3O2S. The van der Waals surface area contributed by atoms with E-state index >= 15 is 0 Å². The van der Waals surface area contributed by atoms with Crippen molar-refractivity contribution in [2.24, 2.45) is 4.99 Å². The Balaban J connectivity index is 1.81. The lowest BCUT2D eigenvalue weighted by molar-refractivity contribution is 0.408. The van der Waals surface area contributed by atoms with E-state index in [-0.39, 0.29) is 0 Å². The summed E-state index contributed by atoms with van der Waals surface area (Å²) in [4.78, 5) is 4.33. The first kappa shape index (κ1) is 19.8. The molecule has 1 aliphatic carbocycles. The number of para-hydroxylation sites is 1. The van der Waals surface area contributed by atoms with E-state index in [4.69, 9.17) is 4.74 Å². The van der Waals surface area contributed by atoms with Gasteiger partial charge in [-0.15, -0.1) is 0 Å². The maximum Gasteiger partial charge on any atom is 0.191 e. The smallest absolute Gasteiger partial charge is 0.191 e. The summed E-state index contributed by atoms with van der Waals surface area (Å²) < 4.78 is 17.5. The van der Waals surface area contributed by atoms with Gasteiger partial charge in [-0.1, -0.05) is 31.5 Å². The maximum atomic E-state index is 12.1. The standard InChI is InChI=1S/C19H31N3O2S/c1-4-25(23)17-10-7-9-16(14-17)22-19(20-2)21-13-12-15-8-5-6-11-18(15)24-3/h5-6,8,11,16-17H,4,7,9-10,12-14H2,1-3H3,(H2,20,21,22). The number of nitrogens with one attached hydrogen (secondary N) is 2. The molecule has 140 valence electrons. The Morgan fingerprint density at radius 1 is 1.36 bits per heavy atom. The van der Waals surface area contributed by atoms with E-state index < -0.39 is 10.8 Å². The molecule has 5 nitrogen and oxygen atoms in total. The molecule has 0 aromatic heterocycles. The molecule has 0 aliphatic heterocycles. The summed E-state index contributed by atoms with van der Waals surface area (Å²) in [5, 5.41) is 7.21. The van der Waals surface area contributed by atoms with Crippen LogP contribution in [0.2, 0.25) is 0 Å². The minimum atomic E-state index is -0.699. The zero-order valence-corrected chi connectivity index (χ0v) is 16.4. The number of aliphatic imine (C=N–C) groups is 1. The molecule has 2 N–H and O–H groups in total. The molecule has 0 saturated heterocycles. The summed E-state index contributed by atoms with van der Waals surface area (Å²) in [7, 11) is 2.80. The van der Waals surface area contributed by atoms with Crippen molar-refractivity contribution in [1.82, 2.24) is 10.6 Å². The van der Waals surface area contributed by atoms with Crippen LogP contribution < -0.4 is 15.4 Å². The Morgan fingerprint density at radius 3 is 2.88 bits per heavy atom. The van der Waals surface area contributed by atoms with Gasteiger partial charge in [-0.25, -0.2) is 0 Å². The molecule has 1 saturated carbocycles. The van der Waals surface area contributed by atoms with Gasteiger partial charge >= 0.3 is 0 Å². The molecule has 2 rings (SSSR count). The van der Waals surface area contributed by atoms with E-state index in [1.165, 1.54) is 5.56 Å². The summed E-state index contributed by atoms with van der Waals surface area (Å²) in [5.74, 6) is 2.50. The minimum absolute atomic E-state index is 0.322. The fraction of sp³-hybridized carbons (Fsp3) is 0.632. The van der Waals surface area contributed by atoms with Crippen LogP contribution in [-0.4, -0.2) is 47.9 Å². The van der Waals surface area contributed by atoms with E-state index in [9.17, 15) is 4.21 Å². The molecule has 0 spiro atoms. The van der Waals surface area contributed by atoms with E-state index in [1.54, 1.807) is 14.2 Å². The highest BCUT2D eigenvalue weighted by Crippen LogP contribution is 2.23. The third-order valence-corrected chi connectivity index (χ3v) is 6.47. The second-order valence-corrected chi connectivity index (χ2v) is 8.37. The van der Waals surface area contributed by atoms with Gasteiger partial charge in [-0.3, -0.25) is 9.20 Å². The Kier molecular flexibility index (Phi) is 8.25. The van der Waals surface area contributed by atoms with Crippen molar-refractivity contribution in [3.8, 4) is 5.75 Å². The molecule has 1 aromatic rings. The van der Waals surface area contributed by atoms with Crippen LogP contribution in [0, 0.1) is 0 Å². The van der Waals surface area contributed by atoms with Crippen LogP contribution >= 0.6 is 0 Å². The number of rotatable bonds is 7. The third kappa shape index (κ3) is 6.03. The minimum Gasteiger partial charge on any atom is -0.496 e. The number of guanidine groups is 1. The highest BCUT2D eigenvalue weighted by Gasteiger charge is 2.25. The summed E-state index contributed by atoms with van der Waals surface area (Å²) in [6.45, 7) is 2.79. The van der Waals surface area contributed by atoms with Gasteiger partial charge in [0.05, 0.1) is 7.11 Å². The zero-order chi connectivity index (χ0) is 18.1. The van der Waals surface area contributed by atoms with Gasteiger partial charge in [0.2, 0.25) is 0 Å². The number of benzene rings is 1. The van der Waals surface area contributed by atoms with Gasteiger partial charge in [0.1, 0.15) is 5.75 Å². The fourth-order valence-electron chi connectivity index (χ4n) is 3.36. The highest BCUT2D eigenvalue weighted by atomic mass is 32.2. The van der Waals surface area contributed by atoms with E-state index in [1.807, 2.05) is 25.1 Å². The summed E-state index contributed by atoms with van der Waals surface area (Å²) >= 11 is 0. The van der Waals surface area contributed by atoms with Gasteiger partial charge in [-0.2, -0.15) is 0 Å². The molecular weight excluding hydrogens is 334 g/mol. The van der Waals surface area contributed by atoms with Gasteiger partial charge in [0.25, 0.3) is 0 Å². The highest BCUT2D eigenvalue weighted by molar-refractivity contribution is 7.85. The largest absolute Gasteiger partial charge is 0.496 e. The van der Waals surface area contributed by atoms with Gasteiger partial charge < -0.3 is 15.4 Å². The van der Waals surface area contributed by atoms with Gasteiger partial charge in [0.15, 0.2) is 5.96 Å². The maximum absolute atomic E-state index is 12.1. The molecule has 0 bridgehead atoms. The predicted molar refractivity (Wildman–Crippen MR) is 106 cm³/mol. The van der Waals surface area contributed by atoms with Crippen LogP contribution in [0.25, 0.3) is 0 Å². The molecule has 25 heavy (non-hydrogen) atoms. The first-order valence-electron chi connectivity index (χ1n) is 9.14. The molecule has 0 amide bonds. The number of hydrogen-bond acceptors (Lipinski definition) is 3. The van der Waals surface area contributed by atoms with Crippen molar-refractivity contribution in [2.45, 2.75) is 50.3 Å². The Hall–Kier alpha value is -1.56. The van der Waals surface area contributed by atoms with Crippen LogP contribution in [0.3, 0.4) is 0 Å². The monoisotopic (exact) mass is 365 g/mol. The van der Waals surface area contributed by atoms with Gasteiger partial charge in [0, 0.05) is 41.4 Å². The number of hydrogen-bond donors (Lipinski definition) is 2. The average Bonchev–Trinajstić information content (AvgIpc) is 2.67. The molecule has 6 heteroatoms. The molecule has 3 atom stereocenters. The Bertz CT molecular complexity index is 592. The molecule has 1 aliphatic rings. The molecule has 0 heterocycles. The molecule has 1 aromatic carbocycles. The van der Waals surface area contributed by atoms with Crippen LogP contribution in [0.5, 0.6) is 5.75 Å². The SMILES string of the molecule is CCS(=O)C1CCCC(NC(=NC)NCCc2ccccc2OC)C1. The van der Waals surface area contributed by atoms with E-state index in [0.717, 1.165) is 56.1 Å². The fourth-order valence-corrected chi connectivity index (χ4v) is 4.71. The quantitative estimate of drug-likeness (QED) is 0.576. The molecule has 0 radical (unpaired) electrons. The van der Waals surface area contributed by atoms with Crippen molar-refractivity contribution in [3.63, 3.8) is 0 Å².